The quantitative estimate of drug-likeness (QED) is 0.881. The van der Waals surface area contributed by atoms with Crippen LogP contribution in [-0.4, -0.2) is 45.3 Å². The molecule has 4 nitrogen and oxygen atoms in total. The van der Waals surface area contributed by atoms with Crippen LogP contribution in [-0.2, 0) is 0 Å². The molecular weight excluding hydrogens is 228 g/mol. The maximum atomic E-state index is 5.48. The monoisotopic (exact) mass is 250 g/mol. The number of nitrogens with one attached hydrogen (secondary N) is 1. The first kappa shape index (κ1) is 13.2. The molecule has 18 heavy (non-hydrogen) atoms. The second kappa shape index (κ2) is 6.07. The van der Waals surface area contributed by atoms with Crippen LogP contribution in [0.3, 0.4) is 0 Å². The third-order valence-electron chi connectivity index (χ3n) is 3.58. The normalized spacial score (nSPS) is 18.4. The summed E-state index contributed by atoms with van der Waals surface area (Å²) in [5, 5.41) is 3.37. The molecule has 1 fully saturated rings. The summed E-state index contributed by atoms with van der Waals surface area (Å²) in [6.07, 6.45) is 0. The molecule has 0 amide bonds. The summed E-state index contributed by atoms with van der Waals surface area (Å²) in [4.78, 5) is 2.46. The Hall–Kier alpha value is -1.26. The largest absolute Gasteiger partial charge is 0.496 e. The standard InChI is InChI=1S/C14H22N2O2/c1-11(16-9-7-15-8-10-16)14-12(17-2)5-4-6-13(14)18-3/h4-6,11,15H,7-10H2,1-3H3/t11-/m0/s1. The van der Waals surface area contributed by atoms with E-state index >= 15 is 0 Å². The highest BCUT2D eigenvalue weighted by atomic mass is 16.5. The zero-order valence-electron chi connectivity index (χ0n) is 11.4. The molecule has 0 aromatic heterocycles. The number of ether oxygens (including phenoxy) is 2. The molecule has 1 N–H and O–H groups in total. The lowest BCUT2D eigenvalue weighted by Crippen LogP contribution is -2.44. The smallest absolute Gasteiger partial charge is 0.127 e. The van der Waals surface area contributed by atoms with Crippen molar-refractivity contribution in [2.75, 3.05) is 40.4 Å². The highest BCUT2D eigenvalue weighted by Gasteiger charge is 2.23. The predicted octanol–water partition coefficient (Wildman–Crippen LogP) is 1.67. The number of methoxy groups -OCH3 is 2. The van der Waals surface area contributed by atoms with Gasteiger partial charge in [0, 0.05) is 32.2 Å². The van der Waals surface area contributed by atoms with Gasteiger partial charge < -0.3 is 14.8 Å². The topological polar surface area (TPSA) is 33.7 Å². The Morgan fingerprint density at radius 3 is 2.17 bits per heavy atom. The second-order valence-electron chi connectivity index (χ2n) is 4.54. The number of hydrogen-bond donors (Lipinski definition) is 1. The fraction of sp³-hybridized carbons (Fsp3) is 0.571. The Morgan fingerprint density at radius 1 is 1.11 bits per heavy atom. The van der Waals surface area contributed by atoms with Gasteiger partial charge in [0.25, 0.3) is 0 Å². The molecule has 4 heteroatoms. The first-order valence-corrected chi connectivity index (χ1v) is 6.43. The van der Waals surface area contributed by atoms with Gasteiger partial charge in [-0.25, -0.2) is 0 Å². The SMILES string of the molecule is COc1cccc(OC)c1[C@H](C)N1CCNCC1. The summed E-state index contributed by atoms with van der Waals surface area (Å²) in [5.74, 6) is 1.81. The van der Waals surface area contributed by atoms with Crippen LogP contribution in [0, 0.1) is 0 Å². The van der Waals surface area contributed by atoms with E-state index in [1.54, 1.807) is 14.2 Å². The van der Waals surface area contributed by atoms with Gasteiger partial charge in [-0.3, -0.25) is 4.90 Å². The fourth-order valence-electron chi connectivity index (χ4n) is 2.54. The first-order chi connectivity index (χ1) is 8.77. The van der Waals surface area contributed by atoms with E-state index < -0.39 is 0 Å². The molecule has 1 aliphatic heterocycles. The van der Waals surface area contributed by atoms with Crippen LogP contribution in [0.15, 0.2) is 18.2 Å². The van der Waals surface area contributed by atoms with Crippen LogP contribution in [0.2, 0.25) is 0 Å². The molecule has 0 bridgehead atoms. The van der Waals surface area contributed by atoms with Crippen molar-refractivity contribution in [1.82, 2.24) is 10.2 Å². The van der Waals surface area contributed by atoms with Crippen molar-refractivity contribution >= 4 is 0 Å². The molecule has 0 saturated carbocycles. The Labute approximate surface area is 109 Å². The van der Waals surface area contributed by atoms with Crippen molar-refractivity contribution in [2.45, 2.75) is 13.0 Å². The molecule has 2 rings (SSSR count). The van der Waals surface area contributed by atoms with E-state index in [1.807, 2.05) is 18.2 Å². The molecule has 1 saturated heterocycles. The zero-order chi connectivity index (χ0) is 13.0. The van der Waals surface area contributed by atoms with E-state index in [1.165, 1.54) is 0 Å². The minimum absolute atomic E-state index is 0.304. The number of nitrogens with zero attached hydrogens (tertiary/aromatic N) is 1. The van der Waals surface area contributed by atoms with E-state index in [4.69, 9.17) is 9.47 Å². The van der Waals surface area contributed by atoms with Crippen molar-refractivity contribution < 1.29 is 9.47 Å². The van der Waals surface area contributed by atoms with E-state index in [2.05, 4.69) is 17.1 Å². The molecule has 0 aliphatic carbocycles. The second-order valence-corrected chi connectivity index (χ2v) is 4.54. The first-order valence-electron chi connectivity index (χ1n) is 6.43. The Bertz CT molecular complexity index is 367. The fourth-order valence-corrected chi connectivity index (χ4v) is 2.54. The Balaban J connectivity index is 2.29. The highest BCUT2D eigenvalue weighted by Crippen LogP contribution is 2.36. The Kier molecular flexibility index (Phi) is 4.44. The van der Waals surface area contributed by atoms with Crippen molar-refractivity contribution in [3.8, 4) is 11.5 Å². The van der Waals surface area contributed by atoms with Gasteiger partial charge in [-0.15, -0.1) is 0 Å². The van der Waals surface area contributed by atoms with E-state index in [0.29, 0.717) is 6.04 Å². The average Bonchev–Trinajstić information content (AvgIpc) is 2.46. The van der Waals surface area contributed by atoms with Crippen LogP contribution in [0.25, 0.3) is 0 Å². The molecule has 1 heterocycles. The summed E-state index contributed by atoms with van der Waals surface area (Å²) in [6.45, 7) is 6.42. The number of piperazine rings is 1. The third kappa shape index (κ3) is 2.60. The van der Waals surface area contributed by atoms with E-state index in [9.17, 15) is 0 Å². The van der Waals surface area contributed by atoms with E-state index in [0.717, 1.165) is 43.2 Å². The van der Waals surface area contributed by atoms with Crippen molar-refractivity contribution in [3.63, 3.8) is 0 Å². The molecule has 0 unspecified atom stereocenters. The van der Waals surface area contributed by atoms with Gasteiger partial charge >= 0.3 is 0 Å². The lowest BCUT2D eigenvalue weighted by atomic mass is 10.0. The van der Waals surface area contributed by atoms with Crippen LogP contribution in [0.5, 0.6) is 11.5 Å². The maximum absolute atomic E-state index is 5.48. The van der Waals surface area contributed by atoms with Gasteiger partial charge in [-0.05, 0) is 19.1 Å². The van der Waals surface area contributed by atoms with Crippen LogP contribution >= 0.6 is 0 Å². The van der Waals surface area contributed by atoms with Crippen molar-refractivity contribution in [1.29, 1.82) is 0 Å². The average molecular weight is 250 g/mol. The number of hydrogen-bond acceptors (Lipinski definition) is 4. The molecule has 1 aromatic rings. The number of rotatable bonds is 4. The molecule has 100 valence electrons. The molecule has 1 atom stereocenters. The lowest BCUT2D eigenvalue weighted by molar-refractivity contribution is 0.179. The maximum Gasteiger partial charge on any atom is 0.127 e. The van der Waals surface area contributed by atoms with Crippen LogP contribution in [0.4, 0.5) is 0 Å². The van der Waals surface area contributed by atoms with Crippen molar-refractivity contribution in [2.24, 2.45) is 0 Å². The molecule has 0 radical (unpaired) electrons. The minimum Gasteiger partial charge on any atom is -0.496 e. The van der Waals surface area contributed by atoms with Gasteiger partial charge in [-0.2, -0.15) is 0 Å². The molecule has 0 spiro atoms. The minimum atomic E-state index is 0.304. The van der Waals surface area contributed by atoms with Gasteiger partial charge in [0.15, 0.2) is 0 Å². The highest BCUT2D eigenvalue weighted by molar-refractivity contribution is 5.46. The van der Waals surface area contributed by atoms with Gasteiger partial charge in [0.2, 0.25) is 0 Å². The molecule has 1 aliphatic rings. The lowest BCUT2D eigenvalue weighted by Gasteiger charge is -2.34. The van der Waals surface area contributed by atoms with Crippen molar-refractivity contribution in [3.05, 3.63) is 23.8 Å². The summed E-state index contributed by atoms with van der Waals surface area (Å²) < 4.78 is 11.0. The van der Waals surface area contributed by atoms with Crippen LogP contribution < -0.4 is 14.8 Å². The molecular formula is C14H22N2O2. The van der Waals surface area contributed by atoms with Gasteiger partial charge in [0.05, 0.1) is 19.8 Å². The van der Waals surface area contributed by atoms with E-state index in [-0.39, 0.29) is 0 Å². The third-order valence-corrected chi connectivity index (χ3v) is 3.58. The molecule has 1 aromatic carbocycles. The number of benzene rings is 1. The summed E-state index contributed by atoms with van der Waals surface area (Å²) in [5.41, 5.74) is 1.14. The van der Waals surface area contributed by atoms with Gasteiger partial charge in [0.1, 0.15) is 11.5 Å². The van der Waals surface area contributed by atoms with Gasteiger partial charge in [-0.1, -0.05) is 6.07 Å². The summed E-state index contributed by atoms with van der Waals surface area (Å²) in [6, 6.07) is 6.26. The summed E-state index contributed by atoms with van der Waals surface area (Å²) in [7, 11) is 3.42. The predicted molar refractivity (Wildman–Crippen MR) is 72.4 cm³/mol. The Morgan fingerprint density at radius 2 is 1.67 bits per heavy atom. The zero-order valence-corrected chi connectivity index (χ0v) is 11.4. The summed E-state index contributed by atoms with van der Waals surface area (Å²) >= 11 is 0. The van der Waals surface area contributed by atoms with Crippen LogP contribution in [0.1, 0.15) is 18.5 Å².